The first-order valence-corrected chi connectivity index (χ1v) is 5.55. The van der Waals surface area contributed by atoms with Gasteiger partial charge in [0.15, 0.2) is 0 Å². The Bertz CT molecular complexity index is 334. The van der Waals surface area contributed by atoms with Gasteiger partial charge in [-0.3, -0.25) is 0 Å². The lowest BCUT2D eigenvalue weighted by atomic mass is 9.85. The van der Waals surface area contributed by atoms with E-state index < -0.39 is 0 Å². The van der Waals surface area contributed by atoms with E-state index in [0.717, 1.165) is 6.42 Å². The van der Waals surface area contributed by atoms with Gasteiger partial charge in [0.1, 0.15) is 0 Å². The van der Waals surface area contributed by atoms with E-state index in [1.54, 1.807) is 0 Å². The van der Waals surface area contributed by atoms with Crippen LogP contribution in [0.1, 0.15) is 37.5 Å². The number of rotatable bonds is 2. The lowest BCUT2D eigenvalue weighted by molar-refractivity contribution is 0.0636. The molecule has 0 spiro atoms. The first-order chi connectivity index (χ1) is 6.80. The molecule has 1 nitrogen and oxygen atoms in total. The second-order valence-corrected chi connectivity index (χ2v) is 5.50. The number of benzene rings is 1. The summed E-state index contributed by atoms with van der Waals surface area (Å²) in [5.41, 5.74) is 3.79. The van der Waals surface area contributed by atoms with Crippen molar-refractivity contribution >= 4 is 0 Å². The third kappa shape index (κ3) is 3.35. The molecule has 1 N–H and O–H groups in total. The van der Waals surface area contributed by atoms with Crippen LogP contribution in [0.3, 0.4) is 0 Å². The van der Waals surface area contributed by atoms with Crippen LogP contribution in [0.25, 0.3) is 0 Å². The van der Waals surface area contributed by atoms with Gasteiger partial charge in [-0.1, -0.05) is 39.0 Å². The lowest BCUT2D eigenvalue weighted by Gasteiger charge is -2.26. The molecular formula is C14H22O. The molecule has 0 heterocycles. The van der Waals surface area contributed by atoms with Crippen LogP contribution in [-0.4, -0.2) is 11.2 Å². The fourth-order valence-electron chi connectivity index (χ4n) is 1.46. The van der Waals surface area contributed by atoms with Crippen LogP contribution in [0.2, 0.25) is 0 Å². The summed E-state index contributed by atoms with van der Waals surface area (Å²) in [6, 6.07) is 6.40. The summed E-state index contributed by atoms with van der Waals surface area (Å²) in [6.07, 6.45) is 0.463. The Morgan fingerprint density at radius 2 is 1.73 bits per heavy atom. The zero-order chi connectivity index (χ0) is 11.6. The molecule has 1 heteroatoms. The number of hydrogen-bond donors (Lipinski definition) is 1. The molecule has 1 rings (SSSR count). The minimum absolute atomic E-state index is 0.0429. The predicted molar refractivity (Wildman–Crippen MR) is 65.1 cm³/mol. The lowest BCUT2D eigenvalue weighted by Crippen LogP contribution is -2.28. The van der Waals surface area contributed by atoms with Crippen LogP contribution in [0.5, 0.6) is 0 Å². The average Bonchev–Trinajstić information content (AvgIpc) is 2.10. The van der Waals surface area contributed by atoms with E-state index in [4.69, 9.17) is 0 Å². The van der Waals surface area contributed by atoms with Gasteiger partial charge in [-0.05, 0) is 42.4 Å². The van der Waals surface area contributed by atoms with E-state index in [9.17, 15) is 5.11 Å². The molecular weight excluding hydrogens is 184 g/mol. The highest BCUT2D eigenvalue weighted by molar-refractivity contribution is 5.30. The van der Waals surface area contributed by atoms with Crippen LogP contribution < -0.4 is 0 Å². The minimum Gasteiger partial charge on any atom is -0.392 e. The van der Waals surface area contributed by atoms with Crippen LogP contribution >= 0.6 is 0 Å². The second kappa shape index (κ2) is 4.36. The Kier molecular flexibility index (Phi) is 3.56. The smallest absolute Gasteiger partial charge is 0.0628 e. The molecule has 1 aromatic rings. The molecule has 0 bridgehead atoms. The maximum absolute atomic E-state index is 10.00. The minimum atomic E-state index is -0.278. The van der Waals surface area contributed by atoms with Crippen LogP contribution in [0.15, 0.2) is 18.2 Å². The van der Waals surface area contributed by atoms with E-state index in [2.05, 4.69) is 52.8 Å². The van der Waals surface area contributed by atoms with E-state index in [1.165, 1.54) is 16.7 Å². The number of aliphatic hydroxyl groups excluding tert-OH is 1. The van der Waals surface area contributed by atoms with E-state index >= 15 is 0 Å². The highest BCUT2D eigenvalue weighted by Crippen LogP contribution is 2.23. The molecule has 84 valence electrons. The van der Waals surface area contributed by atoms with Crippen LogP contribution in [0.4, 0.5) is 0 Å². The Hall–Kier alpha value is -0.820. The van der Waals surface area contributed by atoms with Crippen molar-refractivity contribution in [1.29, 1.82) is 0 Å². The first kappa shape index (κ1) is 12.3. The van der Waals surface area contributed by atoms with Crippen molar-refractivity contribution in [3.05, 3.63) is 34.9 Å². The summed E-state index contributed by atoms with van der Waals surface area (Å²) >= 11 is 0. The van der Waals surface area contributed by atoms with E-state index in [0.29, 0.717) is 0 Å². The average molecular weight is 206 g/mol. The summed E-state index contributed by atoms with van der Waals surface area (Å²) in [4.78, 5) is 0. The quantitative estimate of drug-likeness (QED) is 0.787. The van der Waals surface area contributed by atoms with Gasteiger partial charge in [0, 0.05) is 0 Å². The van der Waals surface area contributed by atoms with Crippen molar-refractivity contribution < 1.29 is 5.11 Å². The molecule has 1 atom stereocenters. The molecule has 0 aliphatic rings. The fourth-order valence-corrected chi connectivity index (χ4v) is 1.46. The summed E-state index contributed by atoms with van der Waals surface area (Å²) < 4.78 is 0. The van der Waals surface area contributed by atoms with Crippen molar-refractivity contribution in [2.24, 2.45) is 5.41 Å². The van der Waals surface area contributed by atoms with Crippen molar-refractivity contribution in [3.8, 4) is 0 Å². The molecule has 15 heavy (non-hydrogen) atoms. The van der Waals surface area contributed by atoms with Crippen molar-refractivity contribution in [3.63, 3.8) is 0 Å². The number of aryl methyl sites for hydroxylation is 2. The van der Waals surface area contributed by atoms with Gasteiger partial charge in [-0.2, -0.15) is 0 Å². The van der Waals surface area contributed by atoms with Gasteiger partial charge in [-0.25, -0.2) is 0 Å². The van der Waals surface area contributed by atoms with Crippen molar-refractivity contribution in [2.75, 3.05) is 0 Å². The molecule has 0 aliphatic carbocycles. The molecule has 0 amide bonds. The topological polar surface area (TPSA) is 20.2 Å². The molecule has 0 aromatic heterocycles. The maximum Gasteiger partial charge on any atom is 0.0628 e. The van der Waals surface area contributed by atoms with Gasteiger partial charge in [0.2, 0.25) is 0 Å². The van der Waals surface area contributed by atoms with Crippen LogP contribution in [0, 0.1) is 19.3 Å². The third-order valence-corrected chi connectivity index (χ3v) is 3.00. The van der Waals surface area contributed by atoms with Gasteiger partial charge in [-0.15, -0.1) is 0 Å². The van der Waals surface area contributed by atoms with Crippen LogP contribution in [-0.2, 0) is 6.42 Å². The zero-order valence-corrected chi connectivity index (χ0v) is 10.5. The number of hydrogen-bond acceptors (Lipinski definition) is 1. The van der Waals surface area contributed by atoms with Gasteiger partial charge in [0.25, 0.3) is 0 Å². The van der Waals surface area contributed by atoms with Gasteiger partial charge in [0.05, 0.1) is 6.10 Å². The normalized spacial score (nSPS) is 14.0. The number of aliphatic hydroxyl groups is 1. The molecule has 0 fully saturated rings. The van der Waals surface area contributed by atoms with Crippen molar-refractivity contribution in [1.82, 2.24) is 0 Å². The Morgan fingerprint density at radius 1 is 1.13 bits per heavy atom. The molecule has 0 saturated heterocycles. The molecule has 0 aliphatic heterocycles. The summed E-state index contributed by atoms with van der Waals surface area (Å²) in [5.74, 6) is 0. The third-order valence-electron chi connectivity index (χ3n) is 3.00. The zero-order valence-electron chi connectivity index (χ0n) is 10.5. The highest BCUT2D eigenvalue weighted by atomic mass is 16.3. The highest BCUT2D eigenvalue weighted by Gasteiger charge is 2.22. The summed E-state index contributed by atoms with van der Waals surface area (Å²) in [5, 5.41) is 10.00. The predicted octanol–water partition coefficient (Wildman–Crippen LogP) is 3.25. The van der Waals surface area contributed by atoms with Crippen molar-refractivity contribution in [2.45, 2.75) is 47.1 Å². The summed E-state index contributed by atoms with van der Waals surface area (Å²) in [7, 11) is 0. The largest absolute Gasteiger partial charge is 0.392 e. The second-order valence-electron chi connectivity index (χ2n) is 5.50. The fraction of sp³-hybridized carbons (Fsp3) is 0.571. The summed E-state index contributed by atoms with van der Waals surface area (Å²) in [6.45, 7) is 10.4. The molecule has 1 aromatic carbocycles. The first-order valence-electron chi connectivity index (χ1n) is 5.55. The van der Waals surface area contributed by atoms with E-state index in [1.807, 2.05) is 0 Å². The monoisotopic (exact) mass is 206 g/mol. The Morgan fingerprint density at radius 3 is 2.20 bits per heavy atom. The standard InChI is InChI=1S/C14H22O/c1-10-6-7-12(8-11(10)2)9-13(15)14(3,4)5/h6-8,13,15H,9H2,1-5H3. The Labute approximate surface area is 93.1 Å². The maximum atomic E-state index is 10.00. The SMILES string of the molecule is Cc1ccc(CC(O)C(C)(C)C)cc1C. The van der Waals surface area contributed by atoms with E-state index in [-0.39, 0.29) is 11.5 Å². The molecule has 1 unspecified atom stereocenters. The molecule has 0 saturated carbocycles. The Balaban J connectivity index is 2.78. The van der Waals surface area contributed by atoms with Gasteiger partial charge < -0.3 is 5.11 Å². The molecule has 0 radical (unpaired) electrons. The van der Waals surface area contributed by atoms with Gasteiger partial charge >= 0.3 is 0 Å².